The molecule has 0 N–H and O–H groups in total. The van der Waals surface area contributed by atoms with Crippen molar-refractivity contribution in [1.82, 2.24) is 0 Å². The van der Waals surface area contributed by atoms with Crippen LogP contribution < -0.4 is 0 Å². The van der Waals surface area contributed by atoms with E-state index in [1.165, 1.54) is 44.1 Å². The van der Waals surface area contributed by atoms with Crippen LogP contribution in [0.3, 0.4) is 0 Å². The third-order valence-corrected chi connectivity index (χ3v) is 8.53. The van der Waals surface area contributed by atoms with Crippen LogP contribution >= 0.6 is 0 Å². The van der Waals surface area contributed by atoms with E-state index >= 15 is 0 Å². The molecule has 0 heteroatoms. The summed E-state index contributed by atoms with van der Waals surface area (Å²) < 4.78 is 0. The lowest BCUT2D eigenvalue weighted by Crippen LogP contribution is -2.52. The first-order valence-electron chi connectivity index (χ1n) is 10.8. The highest BCUT2D eigenvalue weighted by Gasteiger charge is 2.58. The second kappa shape index (κ2) is 6.65. The fourth-order valence-corrected chi connectivity index (χ4v) is 7.48. The van der Waals surface area contributed by atoms with E-state index in [-0.39, 0.29) is 0 Å². The molecule has 0 aromatic heterocycles. The summed E-state index contributed by atoms with van der Waals surface area (Å²) in [7, 11) is 0. The highest BCUT2D eigenvalue weighted by atomic mass is 14.6. The summed E-state index contributed by atoms with van der Waals surface area (Å²) in [4.78, 5) is 0. The first-order chi connectivity index (χ1) is 11.4. The zero-order valence-electron chi connectivity index (χ0n) is 17.1. The average molecular weight is 329 g/mol. The molecule has 4 aliphatic carbocycles. The molecular weight excluding hydrogens is 288 g/mol. The van der Waals surface area contributed by atoms with Crippen LogP contribution in [0.2, 0.25) is 0 Å². The van der Waals surface area contributed by atoms with Gasteiger partial charge in [-0.1, -0.05) is 65.3 Å². The zero-order chi connectivity index (χ0) is 17.6. The fraction of sp³-hybridized carbons (Fsp3) is 0.833. The van der Waals surface area contributed by atoms with Crippen molar-refractivity contribution in [3.05, 3.63) is 23.8 Å². The van der Waals surface area contributed by atoms with E-state index in [4.69, 9.17) is 0 Å². The molecular formula is C24H40. The van der Waals surface area contributed by atoms with Crippen molar-refractivity contribution in [2.24, 2.45) is 46.8 Å². The van der Waals surface area contributed by atoms with Crippen LogP contribution in [0.15, 0.2) is 23.8 Å². The number of hydrogen-bond acceptors (Lipinski definition) is 0. The molecule has 0 aliphatic heterocycles. The van der Waals surface area contributed by atoms with Crippen LogP contribution in [0.1, 0.15) is 80.1 Å². The number of fused-ring (bicyclic) bond motifs is 5. The van der Waals surface area contributed by atoms with Crippen LogP contribution in [0, 0.1) is 46.8 Å². The van der Waals surface area contributed by atoms with E-state index in [9.17, 15) is 0 Å². The predicted molar refractivity (Wildman–Crippen MR) is 106 cm³/mol. The monoisotopic (exact) mass is 328 g/mol. The summed E-state index contributed by atoms with van der Waals surface area (Å²) >= 11 is 0. The summed E-state index contributed by atoms with van der Waals surface area (Å²) in [6.45, 7) is 18.6. The second-order valence-electron chi connectivity index (χ2n) is 9.63. The van der Waals surface area contributed by atoms with Gasteiger partial charge >= 0.3 is 0 Å². The Morgan fingerprint density at radius 2 is 1.71 bits per heavy atom. The van der Waals surface area contributed by atoms with Gasteiger partial charge in [-0.3, -0.25) is 0 Å². The van der Waals surface area contributed by atoms with Crippen molar-refractivity contribution in [1.29, 1.82) is 0 Å². The maximum absolute atomic E-state index is 4.25. The standard InChI is InChI=1S/C22H34.C2H6/c1-13-6-8-18-17(10-13)11-14(2)21-19-9-7-16(4)22(19,5)12-15(3)20(18)21;1-2/h10,14-16,18-21H,1,6-9,11-12H2,2-5H3;1-2H3/t14-,15?,16+,18?,19?,20?,21?,22?;/m1./s1. The first kappa shape index (κ1) is 18.3. The van der Waals surface area contributed by atoms with Crippen molar-refractivity contribution in [3.8, 4) is 0 Å². The van der Waals surface area contributed by atoms with Gasteiger partial charge in [0.05, 0.1) is 0 Å². The molecule has 6 unspecified atom stereocenters. The Morgan fingerprint density at radius 1 is 1.00 bits per heavy atom. The molecule has 4 aliphatic rings. The van der Waals surface area contributed by atoms with Gasteiger partial charge in [-0.25, -0.2) is 0 Å². The minimum atomic E-state index is 0.633. The van der Waals surface area contributed by atoms with E-state index < -0.39 is 0 Å². The minimum absolute atomic E-state index is 0.633. The smallest absolute Gasteiger partial charge is 0.0163 e. The van der Waals surface area contributed by atoms with E-state index in [2.05, 4.69) is 40.3 Å². The first-order valence-corrected chi connectivity index (χ1v) is 10.8. The lowest BCUT2D eigenvalue weighted by molar-refractivity contribution is -0.0752. The number of allylic oxidation sites excluding steroid dienone is 3. The molecule has 3 saturated carbocycles. The third-order valence-electron chi connectivity index (χ3n) is 8.53. The molecule has 0 heterocycles. The van der Waals surface area contributed by atoms with E-state index in [0.717, 1.165) is 41.4 Å². The molecule has 8 atom stereocenters. The van der Waals surface area contributed by atoms with E-state index in [1.54, 1.807) is 5.57 Å². The van der Waals surface area contributed by atoms with Crippen LogP contribution in [0.5, 0.6) is 0 Å². The number of hydrogen-bond donors (Lipinski definition) is 0. The van der Waals surface area contributed by atoms with Gasteiger partial charge in [0.1, 0.15) is 0 Å². The second-order valence-corrected chi connectivity index (χ2v) is 9.63. The Labute approximate surface area is 151 Å². The molecule has 24 heavy (non-hydrogen) atoms. The van der Waals surface area contributed by atoms with Crippen LogP contribution in [-0.2, 0) is 0 Å². The SMILES string of the molecule is C=C1C=C2C[C@@H](C)C3C(C(C)CC4(C)C3CC[C@@H]4C)C2CC1.CC. The summed E-state index contributed by atoms with van der Waals surface area (Å²) in [5.74, 6) is 6.59. The van der Waals surface area contributed by atoms with Gasteiger partial charge in [0.15, 0.2) is 0 Å². The van der Waals surface area contributed by atoms with Gasteiger partial charge < -0.3 is 0 Å². The van der Waals surface area contributed by atoms with Gasteiger partial charge in [-0.05, 0) is 85.4 Å². The molecule has 0 aromatic rings. The molecule has 0 amide bonds. The molecule has 3 fully saturated rings. The number of rotatable bonds is 0. The Balaban J connectivity index is 0.000000815. The van der Waals surface area contributed by atoms with Crippen molar-refractivity contribution in [2.75, 3.05) is 0 Å². The Morgan fingerprint density at radius 3 is 2.42 bits per heavy atom. The largest absolute Gasteiger partial charge is 0.0958 e. The van der Waals surface area contributed by atoms with Crippen molar-refractivity contribution in [2.45, 2.75) is 80.1 Å². The summed E-state index contributed by atoms with van der Waals surface area (Å²) in [6.07, 6.45) is 11.0. The van der Waals surface area contributed by atoms with E-state index in [1.807, 2.05) is 13.8 Å². The quantitative estimate of drug-likeness (QED) is 0.438. The Bertz CT molecular complexity index is 512. The predicted octanol–water partition coefficient (Wildman–Crippen LogP) is 7.27. The van der Waals surface area contributed by atoms with Crippen LogP contribution in [0.4, 0.5) is 0 Å². The normalized spacial score (nSPS) is 50.0. The zero-order valence-corrected chi connectivity index (χ0v) is 17.1. The molecule has 0 radical (unpaired) electrons. The average Bonchev–Trinajstić information content (AvgIpc) is 2.84. The highest BCUT2D eigenvalue weighted by Crippen LogP contribution is 2.66. The van der Waals surface area contributed by atoms with E-state index in [0.29, 0.717) is 5.41 Å². The van der Waals surface area contributed by atoms with Crippen LogP contribution in [-0.4, -0.2) is 0 Å². The van der Waals surface area contributed by atoms with Gasteiger partial charge in [0.2, 0.25) is 0 Å². The lowest BCUT2D eigenvalue weighted by atomic mass is 9.46. The maximum atomic E-state index is 4.25. The summed E-state index contributed by atoms with van der Waals surface area (Å²) in [6, 6.07) is 0. The maximum Gasteiger partial charge on any atom is -0.0163 e. The molecule has 0 spiro atoms. The molecule has 136 valence electrons. The molecule has 0 aromatic carbocycles. The van der Waals surface area contributed by atoms with Crippen LogP contribution in [0.25, 0.3) is 0 Å². The minimum Gasteiger partial charge on any atom is -0.0958 e. The van der Waals surface area contributed by atoms with Crippen molar-refractivity contribution in [3.63, 3.8) is 0 Å². The fourth-order valence-electron chi connectivity index (χ4n) is 7.48. The molecule has 0 saturated heterocycles. The molecule has 0 bridgehead atoms. The lowest BCUT2D eigenvalue weighted by Gasteiger charge is -2.58. The molecule has 4 rings (SSSR count). The summed E-state index contributed by atoms with van der Waals surface area (Å²) in [5.41, 5.74) is 3.79. The topological polar surface area (TPSA) is 0 Å². The third kappa shape index (κ3) is 2.63. The Hall–Kier alpha value is -0.520. The summed E-state index contributed by atoms with van der Waals surface area (Å²) in [5, 5.41) is 0. The van der Waals surface area contributed by atoms with Gasteiger partial charge in [0, 0.05) is 0 Å². The molecule has 0 nitrogen and oxygen atoms in total. The van der Waals surface area contributed by atoms with Gasteiger partial charge in [-0.2, -0.15) is 0 Å². The Kier molecular flexibility index (Phi) is 5.07. The van der Waals surface area contributed by atoms with Crippen molar-refractivity contribution < 1.29 is 0 Å². The van der Waals surface area contributed by atoms with Gasteiger partial charge in [-0.15, -0.1) is 0 Å². The van der Waals surface area contributed by atoms with Gasteiger partial charge in [0.25, 0.3) is 0 Å². The highest BCUT2D eigenvalue weighted by molar-refractivity contribution is 5.30. The van der Waals surface area contributed by atoms with Crippen molar-refractivity contribution >= 4 is 0 Å².